The van der Waals surface area contributed by atoms with Crippen molar-refractivity contribution < 1.29 is 9.53 Å². The van der Waals surface area contributed by atoms with Gasteiger partial charge in [-0.25, -0.2) is 19.4 Å². The third kappa shape index (κ3) is 4.61. The molecular weight excluding hydrogens is 432 g/mol. The number of para-hydroxylation sites is 1. The predicted octanol–water partition coefficient (Wildman–Crippen LogP) is 3.99. The normalized spacial score (nSPS) is 14.0. The van der Waals surface area contributed by atoms with Crippen LogP contribution in [0.2, 0.25) is 0 Å². The first-order chi connectivity index (χ1) is 16.4. The number of fused-ring (bicyclic) bond motifs is 1. The predicted molar refractivity (Wildman–Crippen MR) is 129 cm³/mol. The molecule has 10 nitrogen and oxygen atoms in total. The molecule has 0 radical (unpaired) electrons. The lowest BCUT2D eigenvalue weighted by Crippen LogP contribution is -2.58. The van der Waals surface area contributed by atoms with Crippen molar-refractivity contribution in [2.75, 3.05) is 23.7 Å². The summed E-state index contributed by atoms with van der Waals surface area (Å²) in [7, 11) is 0. The van der Waals surface area contributed by atoms with Gasteiger partial charge in [0.05, 0.1) is 23.4 Å². The molecular formula is C24H26N8O2. The lowest BCUT2D eigenvalue weighted by Gasteiger charge is -2.40. The van der Waals surface area contributed by atoms with Gasteiger partial charge in [-0.15, -0.1) is 5.10 Å². The fourth-order valence-electron chi connectivity index (χ4n) is 3.73. The molecule has 4 aromatic rings. The van der Waals surface area contributed by atoms with E-state index in [9.17, 15) is 4.79 Å². The summed E-state index contributed by atoms with van der Waals surface area (Å²) in [6.45, 7) is 6.73. The molecule has 1 aromatic carbocycles. The number of carbonyl (C=O) groups is 1. The van der Waals surface area contributed by atoms with Crippen molar-refractivity contribution in [1.82, 2.24) is 29.6 Å². The largest absolute Gasteiger partial charge is 0.444 e. The molecule has 34 heavy (non-hydrogen) atoms. The first-order valence-electron chi connectivity index (χ1n) is 11.1. The van der Waals surface area contributed by atoms with Crippen LogP contribution in [-0.4, -0.2) is 60.5 Å². The standard InChI is InChI=1S/C24H26N8O2/c1-24(2,3)34-23(33)31-14-16(15-31)28-20-12-17(8-9-26-20)32-19-7-5-4-6-18(19)22(30-32)29-21-13-25-10-11-27-21/h4-13,16H,14-15H2,1-3H3,(H,26,28)(H,27,29,30). The highest BCUT2D eigenvalue weighted by Gasteiger charge is 2.33. The Morgan fingerprint density at radius 2 is 1.85 bits per heavy atom. The van der Waals surface area contributed by atoms with Crippen LogP contribution in [0.15, 0.2) is 61.2 Å². The minimum absolute atomic E-state index is 0.110. The molecule has 1 aliphatic heterocycles. The first-order valence-corrected chi connectivity index (χ1v) is 11.1. The van der Waals surface area contributed by atoms with Crippen molar-refractivity contribution in [3.63, 3.8) is 0 Å². The maximum atomic E-state index is 12.2. The fraction of sp³-hybridized carbons (Fsp3) is 0.292. The number of aromatic nitrogens is 5. The number of nitrogens with one attached hydrogen (secondary N) is 2. The van der Waals surface area contributed by atoms with Gasteiger partial charge in [0.15, 0.2) is 5.82 Å². The quantitative estimate of drug-likeness (QED) is 0.462. The number of ether oxygens (including phenoxy) is 1. The second kappa shape index (κ2) is 8.62. The third-order valence-electron chi connectivity index (χ3n) is 5.27. The van der Waals surface area contributed by atoms with Crippen molar-refractivity contribution in [2.24, 2.45) is 0 Å². The zero-order chi connectivity index (χ0) is 23.7. The molecule has 2 N–H and O–H groups in total. The SMILES string of the molecule is CC(C)(C)OC(=O)N1CC(Nc2cc(-n3nc(Nc4cnccn4)c4ccccc43)ccn2)C1. The highest BCUT2D eigenvalue weighted by Crippen LogP contribution is 2.28. The number of benzene rings is 1. The Morgan fingerprint density at radius 1 is 1.06 bits per heavy atom. The molecule has 4 heterocycles. The van der Waals surface area contributed by atoms with E-state index in [1.807, 2.05) is 61.9 Å². The molecule has 3 aromatic heterocycles. The maximum Gasteiger partial charge on any atom is 0.410 e. The van der Waals surface area contributed by atoms with Gasteiger partial charge >= 0.3 is 6.09 Å². The van der Waals surface area contributed by atoms with Gasteiger partial charge in [-0.3, -0.25) is 4.98 Å². The lowest BCUT2D eigenvalue weighted by molar-refractivity contribution is 0.0104. The Hall–Kier alpha value is -4.21. The number of pyridine rings is 1. The van der Waals surface area contributed by atoms with Crippen LogP contribution >= 0.6 is 0 Å². The highest BCUT2D eigenvalue weighted by atomic mass is 16.6. The van der Waals surface area contributed by atoms with E-state index in [0.29, 0.717) is 30.5 Å². The van der Waals surface area contributed by atoms with E-state index in [-0.39, 0.29) is 12.1 Å². The number of amides is 1. The van der Waals surface area contributed by atoms with Crippen LogP contribution < -0.4 is 10.6 Å². The van der Waals surface area contributed by atoms with Gasteiger partial charge in [0.2, 0.25) is 0 Å². The van der Waals surface area contributed by atoms with Crippen LogP contribution in [0.1, 0.15) is 20.8 Å². The molecule has 1 saturated heterocycles. The summed E-state index contributed by atoms with van der Waals surface area (Å²) in [5.41, 5.74) is 1.31. The molecule has 0 aliphatic carbocycles. The summed E-state index contributed by atoms with van der Waals surface area (Å²) in [5.74, 6) is 2.03. The fourth-order valence-corrected chi connectivity index (χ4v) is 3.73. The van der Waals surface area contributed by atoms with E-state index >= 15 is 0 Å². The molecule has 1 amide bonds. The number of likely N-dealkylation sites (tertiary alicyclic amines) is 1. The average Bonchev–Trinajstić information content (AvgIpc) is 3.14. The second-order valence-corrected chi connectivity index (χ2v) is 9.12. The molecule has 1 fully saturated rings. The number of hydrogen-bond donors (Lipinski definition) is 2. The van der Waals surface area contributed by atoms with Crippen molar-refractivity contribution in [3.05, 3.63) is 61.2 Å². The number of nitrogens with zero attached hydrogens (tertiary/aromatic N) is 6. The molecule has 1 aliphatic rings. The van der Waals surface area contributed by atoms with Crippen molar-refractivity contribution in [2.45, 2.75) is 32.4 Å². The topological polar surface area (TPSA) is 110 Å². The van der Waals surface area contributed by atoms with Gasteiger partial charge in [-0.2, -0.15) is 0 Å². The minimum atomic E-state index is -0.501. The Balaban J connectivity index is 1.33. The molecule has 0 atom stereocenters. The summed E-state index contributed by atoms with van der Waals surface area (Å²) in [5, 5.41) is 12.4. The Bertz CT molecular complexity index is 1310. The van der Waals surface area contributed by atoms with Crippen molar-refractivity contribution in [3.8, 4) is 5.69 Å². The maximum absolute atomic E-state index is 12.2. The number of anilines is 3. The Labute approximate surface area is 197 Å². The average molecular weight is 459 g/mol. The molecule has 0 bridgehead atoms. The summed E-state index contributed by atoms with van der Waals surface area (Å²) < 4.78 is 7.29. The van der Waals surface area contributed by atoms with Gasteiger partial charge in [0, 0.05) is 43.1 Å². The van der Waals surface area contributed by atoms with E-state index in [1.54, 1.807) is 29.7 Å². The molecule has 5 rings (SSSR count). The molecule has 174 valence electrons. The van der Waals surface area contributed by atoms with Crippen LogP contribution in [0.5, 0.6) is 0 Å². The van der Waals surface area contributed by atoms with Gasteiger partial charge < -0.3 is 20.3 Å². The van der Waals surface area contributed by atoms with Crippen LogP contribution in [0.25, 0.3) is 16.6 Å². The lowest BCUT2D eigenvalue weighted by atomic mass is 10.1. The molecule has 0 saturated carbocycles. The zero-order valence-corrected chi connectivity index (χ0v) is 19.3. The smallest absolute Gasteiger partial charge is 0.410 e. The molecule has 0 spiro atoms. The number of rotatable bonds is 5. The second-order valence-electron chi connectivity index (χ2n) is 9.12. The monoisotopic (exact) mass is 458 g/mol. The van der Waals surface area contributed by atoms with Crippen LogP contribution in [0, 0.1) is 0 Å². The summed E-state index contributed by atoms with van der Waals surface area (Å²) in [6.07, 6.45) is 6.36. The zero-order valence-electron chi connectivity index (χ0n) is 19.3. The van der Waals surface area contributed by atoms with Crippen LogP contribution in [0.3, 0.4) is 0 Å². The van der Waals surface area contributed by atoms with E-state index in [2.05, 4.69) is 25.6 Å². The van der Waals surface area contributed by atoms with Gasteiger partial charge in [0.1, 0.15) is 17.2 Å². The highest BCUT2D eigenvalue weighted by molar-refractivity contribution is 5.92. The molecule has 0 unspecified atom stereocenters. The van der Waals surface area contributed by atoms with Crippen molar-refractivity contribution >= 4 is 34.4 Å². The molecule has 10 heteroatoms. The Morgan fingerprint density at radius 3 is 2.62 bits per heavy atom. The first kappa shape index (κ1) is 21.6. The van der Waals surface area contributed by atoms with Crippen LogP contribution in [0.4, 0.5) is 22.2 Å². The minimum Gasteiger partial charge on any atom is -0.444 e. The third-order valence-corrected chi connectivity index (χ3v) is 5.27. The van der Waals surface area contributed by atoms with E-state index in [1.165, 1.54) is 0 Å². The van der Waals surface area contributed by atoms with E-state index < -0.39 is 5.60 Å². The summed E-state index contributed by atoms with van der Waals surface area (Å²) in [4.78, 5) is 26.7. The van der Waals surface area contributed by atoms with E-state index in [0.717, 1.165) is 16.6 Å². The summed E-state index contributed by atoms with van der Waals surface area (Å²) in [6, 6.07) is 11.9. The Kier molecular flexibility index (Phi) is 5.48. The van der Waals surface area contributed by atoms with Gasteiger partial charge in [-0.1, -0.05) is 12.1 Å². The summed E-state index contributed by atoms with van der Waals surface area (Å²) >= 11 is 0. The number of carbonyl (C=O) groups excluding carboxylic acids is 1. The van der Waals surface area contributed by atoms with Crippen LogP contribution in [-0.2, 0) is 4.74 Å². The number of hydrogen-bond acceptors (Lipinski definition) is 8. The van der Waals surface area contributed by atoms with Gasteiger partial charge in [0.25, 0.3) is 0 Å². The van der Waals surface area contributed by atoms with Gasteiger partial charge in [-0.05, 0) is 39.0 Å². The van der Waals surface area contributed by atoms with E-state index in [4.69, 9.17) is 9.84 Å². The van der Waals surface area contributed by atoms with Crippen molar-refractivity contribution in [1.29, 1.82) is 0 Å².